The number of halogens is 1. The second-order valence-corrected chi connectivity index (χ2v) is 8.82. The van der Waals surface area contributed by atoms with Gasteiger partial charge >= 0.3 is 0 Å². The lowest BCUT2D eigenvalue weighted by atomic mass is 10.0. The van der Waals surface area contributed by atoms with Gasteiger partial charge in [-0.05, 0) is 39.5 Å². The van der Waals surface area contributed by atoms with Gasteiger partial charge in [0.05, 0.1) is 7.43 Å². The van der Waals surface area contributed by atoms with Crippen molar-refractivity contribution in [1.82, 2.24) is 4.67 Å². The fourth-order valence-corrected chi connectivity index (χ4v) is 5.58. The predicted octanol–water partition coefficient (Wildman–Crippen LogP) is 5.89. The number of hydrogen-bond donors (Lipinski definition) is 0. The first-order valence-electron chi connectivity index (χ1n) is 7.08. The molecule has 0 aliphatic rings. The first-order valence-corrected chi connectivity index (χ1v) is 9.47. The van der Waals surface area contributed by atoms with E-state index in [0.29, 0.717) is 23.9 Å². The summed E-state index contributed by atoms with van der Waals surface area (Å²) >= 11 is 6.71. The largest absolute Gasteiger partial charge is 0.264 e. The minimum atomic E-state index is -0.588. The number of hydrogen-bond acceptors (Lipinski definition) is 1. The molecule has 0 aliphatic carbocycles. The highest BCUT2D eigenvalue weighted by Crippen LogP contribution is 2.50. The van der Waals surface area contributed by atoms with Crippen molar-refractivity contribution < 1.29 is 0 Å². The molecule has 0 radical (unpaired) electrons. The molecule has 0 N–H and O–H groups in total. The summed E-state index contributed by atoms with van der Waals surface area (Å²) in [5.41, 5.74) is 1.51. The fraction of sp³-hybridized carbons (Fsp3) is 0.867. The first kappa shape index (κ1) is 18.4. The summed E-state index contributed by atoms with van der Waals surface area (Å²) in [6.07, 6.45) is 3.42. The Balaban J connectivity index is 4.82. The van der Waals surface area contributed by atoms with E-state index >= 15 is 0 Å². The molecular weight excluding hydrogens is 261 g/mol. The normalized spacial score (nSPS) is 15.6. The van der Waals surface area contributed by atoms with Crippen LogP contribution in [0.5, 0.6) is 0 Å². The standard InChI is InChI=1S/C15H31ClNP/c1-11(2)9-15(12(3)4)10-18(16)17(13(5)6)14(7)8/h9,11-14H,10H2,1-8H3/b15-9-. The number of allylic oxidation sites excluding steroid dienone is 2. The third-order valence-electron chi connectivity index (χ3n) is 2.91. The highest BCUT2D eigenvalue weighted by molar-refractivity contribution is 7.82. The maximum atomic E-state index is 6.71. The van der Waals surface area contributed by atoms with Crippen molar-refractivity contribution in [3.63, 3.8) is 0 Å². The highest BCUT2D eigenvalue weighted by Gasteiger charge is 2.23. The monoisotopic (exact) mass is 291 g/mol. The molecular formula is C15H31ClNP. The van der Waals surface area contributed by atoms with Crippen LogP contribution in [-0.4, -0.2) is 22.9 Å². The molecule has 3 heteroatoms. The molecule has 0 spiro atoms. The zero-order valence-corrected chi connectivity index (χ0v) is 15.0. The molecule has 1 nitrogen and oxygen atoms in total. The van der Waals surface area contributed by atoms with Crippen molar-refractivity contribution in [2.45, 2.75) is 67.5 Å². The van der Waals surface area contributed by atoms with E-state index in [-0.39, 0.29) is 0 Å². The van der Waals surface area contributed by atoms with E-state index in [9.17, 15) is 0 Å². The molecule has 0 saturated heterocycles. The Kier molecular flexibility index (Phi) is 8.76. The van der Waals surface area contributed by atoms with E-state index in [1.165, 1.54) is 5.57 Å². The van der Waals surface area contributed by atoms with E-state index in [0.717, 1.165) is 6.16 Å². The molecule has 0 aliphatic heterocycles. The quantitative estimate of drug-likeness (QED) is 0.417. The summed E-state index contributed by atoms with van der Waals surface area (Å²) in [5, 5.41) is 0. The van der Waals surface area contributed by atoms with E-state index < -0.39 is 7.43 Å². The number of nitrogens with zero attached hydrogens (tertiary/aromatic N) is 1. The Morgan fingerprint density at radius 1 is 1.00 bits per heavy atom. The average Bonchev–Trinajstić information content (AvgIpc) is 2.13. The summed E-state index contributed by atoms with van der Waals surface area (Å²) in [7, 11) is -0.588. The third kappa shape index (κ3) is 6.55. The minimum Gasteiger partial charge on any atom is -0.264 e. The van der Waals surface area contributed by atoms with Crippen LogP contribution in [0.4, 0.5) is 0 Å². The van der Waals surface area contributed by atoms with Crippen LogP contribution in [0.3, 0.4) is 0 Å². The van der Waals surface area contributed by atoms with Crippen molar-refractivity contribution in [2.75, 3.05) is 6.16 Å². The zero-order valence-electron chi connectivity index (χ0n) is 13.4. The molecule has 0 aromatic carbocycles. The molecule has 1 unspecified atom stereocenters. The molecule has 18 heavy (non-hydrogen) atoms. The maximum absolute atomic E-state index is 6.71. The molecule has 0 rings (SSSR count). The molecule has 0 fully saturated rings. The van der Waals surface area contributed by atoms with Gasteiger partial charge in [-0.3, -0.25) is 4.67 Å². The van der Waals surface area contributed by atoms with Crippen LogP contribution in [0.2, 0.25) is 0 Å². The molecule has 0 saturated carbocycles. The molecule has 0 amide bonds. The topological polar surface area (TPSA) is 3.24 Å². The molecule has 0 bridgehead atoms. The van der Waals surface area contributed by atoms with E-state index in [1.54, 1.807) is 0 Å². The van der Waals surface area contributed by atoms with Gasteiger partial charge in [-0.15, -0.1) is 0 Å². The Morgan fingerprint density at radius 3 is 1.72 bits per heavy atom. The van der Waals surface area contributed by atoms with Crippen LogP contribution >= 0.6 is 18.7 Å². The van der Waals surface area contributed by atoms with Gasteiger partial charge in [-0.2, -0.15) is 0 Å². The van der Waals surface area contributed by atoms with Gasteiger partial charge in [0.1, 0.15) is 0 Å². The third-order valence-corrected chi connectivity index (χ3v) is 5.84. The van der Waals surface area contributed by atoms with Crippen LogP contribution in [-0.2, 0) is 0 Å². The SMILES string of the molecule is CC(C)/C=C(/CP(Cl)N(C(C)C)C(C)C)C(C)C. The number of rotatable bonds is 7. The van der Waals surface area contributed by atoms with Crippen LogP contribution in [0.1, 0.15) is 55.4 Å². The summed E-state index contributed by atoms with van der Waals surface area (Å²) in [5.74, 6) is 1.20. The summed E-state index contributed by atoms with van der Waals surface area (Å²) < 4.78 is 2.45. The lowest BCUT2D eigenvalue weighted by Gasteiger charge is -2.35. The smallest absolute Gasteiger partial charge is 0.0672 e. The molecule has 0 aromatic rings. The average molecular weight is 292 g/mol. The molecule has 1 atom stereocenters. The van der Waals surface area contributed by atoms with Crippen LogP contribution in [0.15, 0.2) is 11.6 Å². The predicted molar refractivity (Wildman–Crippen MR) is 87.5 cm³/mol. The molecule has 0 aromatic heterocycles. The fourth-order valence-electron chi connectivity index (χ4n) is 2.19. The maximum Gasteiger partial charge on any atom is 0.0672 e. The Hall–Kier alpha value is 0.420. The van der Waals surface area contributed by atoms with Gasteiger partial charge in [0.15, 0.2) is 0 Å². The van der Waals surface area contributed by atoms with Crippen molar-refractivity contribution in [3.05, 3.63) is 11.6 Å². The van der Waals surface area contributed by atoms with Gasteiger partial charge < -0.3 is 0 Å². The minimum absolute atomic E-state index is 0.515. The first-order chi connectivity index (χ1) is 8.16. The van der Waals surface area contributed by atoms with Crippen molar-refractivity contribution in [1.29, 1.82) is 0 Å². The lowest BCUT2D eigenvalue weighted by Crippen LogP contribution is -2.32. The summed E-state index contributed by atoms with van der Waals surface area (Å²) in [6, 6.07) is 1.03. The van der Waals surface area contributed by atoms with Crippen LogP contribution < -0.4 is 0 Å². The van der Waals surface area contributed by atoms with Gasteiger partial charge in [-0.1, -0.05) is 50.6 Å². The Morgan fingerprint density at radius 2 is 1.44 bits per heavy atom. The Bertz CT molecular complexity index is 251. The van der Waals surface area contributed by atoms with E-state index in [1.807, 2.05) is 0 Å². The Labute approximate surface area is 121 Å². The van der Waals surface area contributed by atoms with Crippen molar-refractivity contribution >= 4 is 18.7 Å². The lowest BCUT2D eigenvalue weighted by molar-refractivity contribution is 0.326. The molecule has 0 heterocycles. The van der Waals surface area contributed by atoms with Gasteiger partial charge in [-0.25, -0.2) is 0 Å². The second-order valence-electron chi connectivity index (χ2n) is 6.20. The van der Waals surface area contributed by atoms with Crippen molar-refractivity contribution in [2.24, 2.45) is 11.8 Å². The van der Waals surface area contributed by atoms with Crippen LogP contribution in [0.25, 0.3) is 0 Å². The highest BCUT2D eigenvalue weighted by atomic mass is 35.7. The van der Waals surface area contributed by atoms with Gasteiger partial charge in [0, 0.05) is 18.2 Å². The van der Waals surface area contributed by atoms with E-state index in [4.69, 9.17) is 11.2 Å². The van der Waals surface area contributed by atoms with Crippen LogP contribution in [0, 0.1) is 11.8 Å². The van der Waals surface area contributed by atoms with Gasteiger partial charge in [0.25, 0.3) is 0 Å². The second kappa shape index (κ2) is 8.56. The summed E-state index contributed by atoms with van der Waals surface area (Å²) in [6.45, 7) is 17.9. The van der Waals surface area contributed by atoms with Gasteiger partial charge in [0.2, 0.25) is 0 Å². The van der Waals surface area contributed by atoms with Crippen molar-refractivity contribution in [3.8, 4) is 0 Å². The molecule has 108 valence electrons. The summed E-state index contributed by atoms with van der Waals surface area (Å²) in [4.78, 5) is 0. The zero-order chi connectivity index (χ0) is 14.5. The van der Waals surface area contributed by atoms with E-state index in [2.05, 4.69) is 66.1 Å².